The SMILES string of the molecule is COc1cc(S(C)(=O)=O)ccc1N(C(=O)OC(OC(=O)[C@@H](N)C(C)C)C(C)C)c1nc2ccc(-c3ccc(CC(=O)[C@H](C)c4ccc(F)cc4)cc3)cn2n1.Cl. The number of halogens is 2. The van der Waals surface area contributed by atoms with Gasteiger partial charge >= 0.3 is 12.1 Å². The van der Waals surface area contributed by atoms with Crippen LogP contribution in [0.4, 0.5) is 20.8 Å². The molecule has 2 heterocycles. The molecule has 1 unspecified atom stereocenters. The van der Waals surface area contributed by atoms with Crippen molar-refractivity contribution in [3.8, 4) is 16.9 Å². The van der Waals surface area contributed by atoms with Gasteiger partial charge in [0.1, 0.15) is 23.4 Å². The van der Waals surface area contributed by atoms with Crippen LogP contribution < -0.4 is 15.4 Å². The van der Waals surface area contributed by atoms with Crippen LogP contribution in [0.5, 0.6) is 5.75 Å². The minimum atomic E-state index is -3.65. The number of carbonyl (C=O) groups excluding carboxylic acids is 3. The Bertz CT molecular complexity index is 2300. The van der Waals surface area contributed by atoms with Crippen molar-refractivity contribution in [1.29, 1.82) is 0 Å². The van der Waals surface area contributed by atoms with E-state index < -0.39 is 46.1 Å². The number of sulfone groups is 1. The van der Waals surface area contributed by atoms with Crippen molar-refractivity contribution >= 4 is 57.4 Å². The van der Waals surface area contributed by atoms with E-state index in [1.165, 1.54) is 42.0 Å². The Morgan fingerprint density at radius 1 is 0.875 bits per heavy atom. The number of methoxy groups -OCH3 is 1. The van der Waals surface area contributed by atoms with Crippen LogP contribution >= 0.6 is 12.4 Å². The Hall–Kier alpha value is -5.38. The molecule has 0 saturated heterocycles. The highest BCUT2D eigenvalue weighted by Crippen LogP contribution is 2.36. The van der Waals surface area contributed by atoms with Crippen LogP contribution in [0.15, 0.2) is 90.0 Å². The lowest BCUT2D eigenvalue weighted by molar-refractivity contribution is -0.177. The number of hydrogen-bond donors (Lipinski definition) is 1. The Morgan fingerprint density at radius 3 is 2.11 bits per heavy atom. The molecule has 2 aromatic heterocycles. The number of rotatable bonds is 14. The average Bonchev–Trinajstić information content (AvgIpc) is 3.57. The Kier molecular flexibility index (Phi) is 14.0. The molecular formula is C40H45ClFN5O8S. The topological polar surface area (TPSA) is 172 Å². The highest BCUT2D eigenvalue weighted by atomic mass is 35.5. The Labute approximate surface area is 331 Å². The number of pyridine rings is 1. The molecule has 0 aliphatic carbocycles. The van der Waals surface area contributed by atoms with Gasteiger partial charge in [-0.25, -0.2) is 27.0 Å². The number of fused-ring (bicyclic) bond motifs is 1. The number of esters is 1. The number of amides is 1. The molecule has 56 heavy (non-hydrogen) atoms. The smallest absolute Gasteiger partial charge is 0.424 e. The van der Waals surface area contributed by atoms with Crippen LogP contribution in [0.1, 0.15) is 51.7 Å². The maximum absolute atomic E-state index is 14.1. The molecule has 0 aliphatic heterocycles. The lowest BCUT2D eigenvalue weighted by atomic mass is 9.92. The number of nitrogens with zero attached hydrogens (tertiary/aromatic N) is 4. The first kappa shape index (κ1) is 43.3. The van der Waals surface area contributed by atoms with E-state index in [-0.39, 0.29) is 58.6 Å². The molecule has 5 rings (SSSR count). The lowest BCUT2D eigenvalue weighted by Gasteiger charge is -2.27. The second-order valence-corrected chi connectivity index (χ2v) is 15.9. The van der Waals surface area contributed by atoms with E-state index in [4.69, 9.17) is 19.9 Å². The molecule has 0 aliphatic rings. The van der Waals surface area contributed by atoms with Gasteiger partial charge in [-0.2, -0.15) is 4.98 Å². The standard InChI is InChI=1S/C40H44FN5O8S.ClH/c1-23(2)36(42)37(48)53-38(24(3)4)54-40(49)46(32-18-17-31(55(7,50)51)21-34(32)52-6)39-43-35-19-14-29(22-45(35)44-39)28-10-8-26(9-11-28)20-33(47)25(5)27-12-15-30(41)16-13-27;/h8-19,21-25,36,38H,20,42H2,1-7H3;1H/t25-,36+,38?;/m1./s1. The molecule has 13 nitrogen and oxygen atoms in total. The van der Waals surface area contributed by atoms with Crippen molar-refractivity contribution in [3.05, 3.63) is 102 Å². The first-order valence-corrected chi connectivity index (χ1v) is 19.4. The molecule has 0 radical (unpaired) electrons. The van der Waals surface area contributed by atoms with Crippen molar-refractivity contribution in [3.63, 3.8) is 0 Å². The quantitative estimate of drug-likeness (QED) is 0.0899. The van der Waals surface area contributed by atoms with Crippen molar-refractivity contribution in [2.45, 2.75) is 64.2 Å². The first-order chi connectivity index (χ1) is 26.0. The third-order valence-electron chi connectivity index (χ3n) is 9.03. The van der Waals surface area contributed by atoms with E-state index in [1.54, 1.807) is 59.0 Å². The third kappa shape index (κ3) is 10.1. The lowest BCUT2D eigenvalue weighted by Crippen LogP contribution is -2.42. The summed E-state index contributed by atoms with van der Waals surface area (Å²) in [5, 5.41) is 4.58. The van der Waals surface area contributed by atoms with E-state index >= 15 is 0 Å². The molecule has 0 spiro atoms. The van der Waals surface area contributed by atoms with Crippen molar-refractivity contribution in [1.82, 2.24) is 14.6 Å². The fraction of sp³-hybridized carbons (Fsp3) is 0.325. The maximum atomic E-state index is 14.1. The van der Waals surface area contributed by atoms with Crippen LogP contribution in [-0.4, -0.2) is 66.6 Å². The number of carbonyl (C=O) groups is 3. The zero-order valence-corrected chi connectivity index (χ0v) is 33.6. The summed E-state index contributed by atoms with van der Waals surface area (Å²) in [4.78, 5) is 45.3. The molecule has 0 bridgehead atoms. The molecule has 16 heteroatoms. The monoisotopic (exact) mass is 809 g/mol. The predicted molar refractivity (Wildman–Crippen MR) is 211 cm³/mol. The number of ether oxygens (including phenoxy) is 3. The summed E-state index contributed by atoms with van der Waals surface area (Å²) in [6.45, 7) is 8.71. The van der Waals surface area contributed by atoms with Crippen LogP contribution in [0, 0.1) is 17.7 Å². The zero-order chi connectivity index (χ0) is 40.2. The van der Waals surface area contributed by atoms with E-state index in [1.807, 2.05) is 30.3 Å². The van der Waals surface area contributed by atoms with Gasteiger partial charge in [-0.15, -0.1) is 17.5 Å². The minimum absolute atomic E-state index is 0. The van der Waals surface area contributed by atoms with Crippen LogP contribution in [0.2, 0.25) is 0 Å². The molecule has 298 valence electrons. The molecule has 2 N–H and O–H groups in total. The van der Waals surface area contributed by atoms with E-state index in [2.05, 4.69) is 10.1 Å². The number of ketones is 1. The third-order valence-corrected chi connectivity index (χ3v) is 10.1. The van der Waals surface area contributed by atoms with Gasteiger partial charge in [-0.1, -0.05) is 71.0 Å². The number of aromatic nitrogens is 3. The molecule has 0 fully saturated rings. The van der Waals surface area contributed by atoms with Gasteiger partial charge in [0.2, 0.25) is 0 Å². The van der Waals surface area contributed by atoms with Crippen molar-refractivity contribution in [2.75, 3.05) is 18.3 Å². The largest absolute Gasteiger partial charge is 0.495 e. The van der Waals surface area contributed by atoms with Crippen molar-refractivity contribution in [2.24, 2.45) is 17.6 Å². The molecule has 1 amide bonds. The van der Waals surface area contributed by atoms with Crippen molar-refractivity contribution < 1.29 is 41.4 Å². The molecule has 3 atom stereocenters. The first-order valence-electron chi connectivity index (χ1n) is 17.6. The number of benzene rings is 3. The zero-order valence-electron chi connectivity index (χ0n) is 32.0. The normalized spacial score (nSPS) is 13.1. The molecular weight excluding hydrogens is 765 g/mol. The summed E-state index contributed by atoms with van der Waals surface area (Å²) in [6.07, 6.45) is 0.572. The Morgan fingerprint density at radius 2 is 1.52 bits per heavy atom. The Balaban J connectivity index is 0.00000696. The summed E-state index contributed by atoms with van der Waals surface area (Å²) < 4.78 is 56.3. The number of anilines is 2. The summed E-state index contributed by atoms with van der Waals surface area (Å²) in [6, 6.07) is 19.9. The van der Waals surface area contributed by atoms with Crippen LogP contribution in [0.3, 0.4) is 0 Å². The fourth-order valence-corrected chi connectivity index (χ4v) is 6.15. The molecule has 5 aromatic rings. The number of Topliss-reactive ketones (excluding diaryl/α,β-unsaturated/α-hetero) is 1. The van der Waals surface area contributed by atoms with Gasteiger partial charge < -0.3 is 19.9 Å². The summed E-state index contributed by atoms with van der Waals surface area (Å²) >= 11 is 0. The average molecular weight is 810 g/mol. The minimum Gasteiger partial charge on any atom is -0.495 e. The van der Waals surface area contributed by atoms with Crippen LogP contribution in [0.25, 0.3) is 16.8 Å². The van der Waals surface area contributed by atoms with Gasteiger partial charge in [0, 0.05) is 42.3 Å². The van der Waals surface area contributed by atoms with Gasteiger partial charge in [0.05, 0.1) is 17.7 Å². The van der Waals surface area contributed by atoms with E-state index in [9.17, 15) is 27.2 Å². The fourth-order valence-electron chi connectivity index (χ4n) is 5.52. The summed E-state index contributed by atoms with van der Waals surface area (Å²) in [5.74, 6) is -2.37. The predicted octanol–water partition coefficient (Wildman–Crippen LogP) is 7.07. The van der Waals surface area contributed by atoms with E-state index in [0.29, 0.717) is 5.65 Å². The second-order valence-electron chi connectivity index (χ2n) is 13.9. The van der Waals surface area contributed by atoms with Gasteiger partial charge in [0.15, 0.2) is 15.5 Å². The summed E-state index contributed by atoms with van der Waals surface area (Å²) in [7, 11) is -2.33. The second kappa shape index (κ2) is 18.0. The van der Waals surface area contributed by atoms with Gasteiger partial charge in [-0.05, 0) is 59.0 Å². The highest BCUT2D eigenvalue weighted by molar-refractivity contribution is 7.90. The van der Waals surface area contributed by atoms with Crippen LogP contribution in [-0.2, 0) is 35.3 Å². The molecule has 3 aromatic carbocycles. The molecule has 0 saturated carbocycles. The van der Waals surface area contributed by atoms with E-state index in [0.717, 1.165) is 33.4 Å². The van der Waals surface area contributed by atoms with Gasteiger partial charge in [0.25, 0.3) is 12.2 Å². The maximum Gasteiger partial charge on any atom is 0.424 e. The summed E-state index contributed by atoms with van der Waals surface area (Å²) in [5.41, 5.74) is 9.53. The number of nitrogens with two attached hydrogens (primary N) is 1. The highest BCUT2D eigenvalue weighted by Gasteiger charge is 2.33. The van der Waals surface area contributed by atoms with Gasteiger partial charge in [-0.3, -0.25) is 9.59 Å². The number of hydrogen-bond acceptors (Lipinski definition) is 11.